The molecule has 2 nitrogen and oxygen atoms in total. The predicted molar refractivity (Wildman–Crippen MR) is 49.8 cm³/mol. The van der Waals surface area contributed by atoms with Crippen molar-refractivity contribution < 1.29 is 9.66 Å². The quantitative estimate of drug-likeness (QED) is 0.473. The first-order chi connectivity index (χ1) is 4.81. The maximum absolute atomic E-state index is 9.13. The summed E-state index contributed by atoms with van der Waals surface area (Å²) in [4.78, 5) is 0. The lowest BCUT2D eigenvalue weighted by molar-refractivity contribution is 0.320. The first-order valence-electron chi connectivity index (χ1n) is 3.36. The van der Waals surface area contributed by atoms with Gasteiger partial charge < -0.3 is 5.11 Å². The highest BCUT2D eigenvalue weighted by atomic mass is 32.2. The molecule has 0 aromatic heterocycles. The average Bonchev–Trinajstić information content (AvgIpc) is 1.89. The van der Waals surface area contributed by atoms with Gasteiger partial charge in [-0.3, -0.25) is 0 Å². The minimum absolute atomic E-state index is 0.108. The molecule has 0 aromatic carbocycles. The van der Waals surface area contributed by atoms with Gasteiger partial charge in [-0.1, -0.05) is 6.92 Å². The van der Waals surface area contributed by atoms with Crippen molar-refractivity contribution in [1.82, 2.24) is 0 Å². The lowest BCUT2D eigenvalue weighted by atomic mass is 10.9. The van der Waals surface area contributed by atoms with Crippen molar-refractivity contribution in [2.75, 3.05) is 29.6 Å². The van der Waals surface area contributed by atoms with Crippen molar-refractivity contribution >= 4 is 22.9 Å². The van der Waals surface area contributed by atoms with Gasteiger partial charge in [0.15, 0.2) is 5.75 Å². The highest BCUT2D eigenvalue weighted by Gasteiger charge is 2.12. The molecule has 0 heterocycles. The zero-order chi connectivity index (χ0) is 7.82. The number of rotatable bonds is 6. The summed E-state index contributed by atoms with van der Waals surface area (Å²) in [5, 5.41) is 8.43. The van der Waals surface area contributed by atoms with Gasteiger partial charge in [-0.2, -0.15) is 16.3 Å². The molecular formula is C6H15O2S2+. The highest BCUT2D eigenvalue weighted by molar-refractivity contribution is 8.00. The van der Waals surface area contributed by atoms with Crippen LogP contribution >= 0.6 is 11.8 Å². The third-order valence-electron chi connectivity index (χ3n) is 0.994. The van der Waals surface area contributed by atoms with Gasteiger partial charge >= 0.3 is 0 Å². The molecule has 62 valence electrons. The average molecular weight is 183 g/mol. The van der Waals surface area contributed by atoms with Gasteiger partial charge in [0.1, 0.15) is 16.9 Å². The molecule has 0 saturated carbocycles. The van der Waals surface area contributed by atoms with E-state index in [2.05, 4.69) is 6.92 Å². The van der Waals surface area contributed by atoms with Crippen LogP contribution in [0.4, 0.5) is 0 Å². The zero-order valence-electron chi connectivity index (χ0n) is 6.25. The van der Waals surface area contributed by atoms with Crippen LogP contribution in [0.5, 0.6) is 0 Å². The molecule has 0 spiro atoms. The first-order valence-corrected chi connectivity index (χ1v) is 6.04. The Kier molecular flexibility index (Phi) is 8.20. The van der Waals surface area contributed by atoms with Crippen LogP contribution in [0.25, 0.3) is 0 Å². The van der Waals surface area contributed by atoms with Gasteiger partial charge in [0.05, 0.1) is 6.61 Å². The fourth-order valence-corrected chi connectivity index (χ4v) is 2.45. The molecule has 0 fully saturated rings. The molecule has 0 rings (SSSR count). The summed E-state index contributed by atoms with van der Waals surface area (Å²) in [6, 6.07) is 0. The van der Waals surface area contributed by atoms with Crippen molar-refractivity contribution in [3.63, 3.8) is 0 Å². The molecule has 2 N–H and O–H groups in total. The van der Waals surface area contributed by atoms with Crippen molar-refractivity contribution in [3.05, 3.63) is 0 Å². The summed E-state index contributed by atoms with van der Waals surface area (Å²) >= 11 is 1.29. The summed E-state index contributed by atoms with van der Waals surface area (Å²) in [5.41, 5.74) is 0. The van der Waals surface area contributed by atoms with Crippen molar-refractivity contribution in [2.24, 2.45) is 0 Å². The highest BCUT2D eigenvalue weighted by Crippen LogP contribution is 2.00. The van der Waals surface area contributed by atoms with Crippen LogP contribution in [0, 0.1) is 0 Å². The molecule has 0 aromatic rings. The predicted octanol–water partition coefficient (Wildman–Crippen LogP) is 0.823. The SMILES string of the molecule is CCSCC[S+](O)CCO. The Morgan fingerprint density at radius 1 is 1.40 bits per heavy atom. The van der Waals surface area contributed by atoms with Crippen LogP contribution in [-0.4, -0.2) is 39.3 Å². The minimum atomic E-state index is -0.542. The van der Waals surface area contributed by atoms with E-state index in [1.807, 2.05) is 11.8 Å². The van der Waals surface area contributed by atoms with E-state index >= 15 is 0 Å². The fourth-order valence-electron chi connectivity index (χ4n) is 0.507. The van der Waals surface area contributed by atoms with E-state index in [0.29, 0.717) is 5.75 Å². The lowest BCUT2D eigenvalue weighted by Crippen LogP contribution is -2.14. The Morgan fingerprint density at radius 3 is 2.60 bits per heavy atom. The normalized spacial score (nSPS) is 13.5. The summed E-state index contributed by atoms with van der Waals surface area (Å²) in [7, 11) is 0. The van der Waals surface area contributed by atoms with Crippen LogP contribution in [0.3, 0.4) is 0 Å². The van der Waals surface area contributed by atoms with E-state index in [1.54, 1.807) is 0 Å². The van der Waals surface area contributed by atoms with Gasteiger partial charge in [-0.25, -0.2) is 0 Å². The van der Waals surface area contributed by atoms with E-state index in [0.717, 1.165) is 17.3 Å². The van der Waals surface area contributed by atoms with E-state index in [1.165, 1.54) is 0 Å². The second-order valence-electron chi connectivity index (χ2n) is 1.79. The van der Waals surface area contributed by atoms with E-state index in [9.17, 15) is 0 Å². The molecule has 0 aliphatic rings. The number of hydrogen-bond donors (Lipinski definition) is 2. The molecule has 4 heteroatoms. The summed E-state index contributed by atoms with van der Waals surface area (Å²) in [6.07, 6.45) is 0. The van der Waals surface area contributed by atoms with Gasteiger partial charge in [0.2, 0.25) is 0 Å². The standard InChI is InChI=1S/C6H15O2S2/c1-2-9-4-6-10(8)5-3-7/h7-8H,2-6H2,1H3/q+1. The molecule has 0 aliphatic heterocycles. The maximum atomic E-state index is 9.13. The molecule has 0 bridgehead atoms. The topological polar surface area (TPSA) is 40.5 Å². The van der Waals surface area contributed by atoms with E-state index in [-0.39, 0.29) is 6.61 Å². The first kappa shape index (κ1) is 10.6. The molecule has 0 amide bonds. The minimum Gasteiger partial charge on any atom is -0.391 e. The number of thioether (sulfide) groups is 1. The Labute approximate surface area is 69.6 Å². The number of hydrogen-bond acceptors (Lipinski definition) is 3. The Hall–Kier alpha value is 0.620. The number of aliphatic hydroxyl groups excluding tert-OH is 1. The smallest absolute Gasteiger partial charge is 0.164 e. The monoisotopic (exact) mass is 183 g/mol. The molecule has 0 aliphatic carbocycles. The van der Waals surface area contributed by atoms with Gasteiger partial charge in [-0.05, 0) is 5.75 Å². The molecule has 0 saturated heterocycles. The van der Waals surface area contributed by atoms with Gasteiger partial charge in [0, 0.05) is 5.75 Å². The second-order valence-corrected chi connectivity index (χ2v) is 4.93. The van der Waals surface area contributed by atoms with Crippen LogP contribution in [0.1, 0.15) is 6.92 Å². The maximum Gasteiger partial charge on any atom is 0.164 e. The summed E-state index contributed by atoms with van der Waals surface area (Å²) in [5.74, 6) is 3.50. The summed E-state index contributed by atoms with van der Waals surface area (Å²) < 4.78 is 9.13. The van der Waals surface area contributed by atoms with Gasteiger partial charge in [0.25, 0.3) is 0 Å². The van der Waals surface area contributed by atoms with Crippen molar-refractivity contribution in [1.29, 1.82) is 0 Å². The molecule has 1 unspecified atom stereocenters. The van der Waals surface area contributed by atoms with E-state index in [4.69, 9.17) is 9.66 Å². The van der Waals surface area contributed by atoms with Gasteiger partial charge in [-0.15, -0.1) is 0 Å². The van der Waals surface area contributed by atoms with Crippen LogP contribution in [0.2, 0.25) is 0 Å². The fraction of sp³-hybridized carbons (Fsp3) is 1.00. The Bertz CT molecular complexity index is 70.8. The third kappa shape index (κ3) is 6.74. The lowest BCUT2D eigenvalue weighted by Gasteiger charge is -1.96. The molecular weight excluding hydrogens is 168 g/mol. The zero-order valence-corrected chi connectivity index (χ0v) is 7.88. The van der Waals surface area contributed by atoms with Crippen LogP contribution in [-0.2, 0) is 11.2 Å². The van der Waals surface area contributed by atoms with Crippen LogP contribution < -0.4 is 0 Å². The molecule has 1 atom stereocenters. The Balaban J connectivity index is 2.97. The number of aliphatic hydroxyl groups is 1. The summed E-state index contributed by atoms with van der Waals surface area (Å²) in [6.45, 7) is 2.21. The largest absolute Gasteiger partial charge is 0.391 e. The van der Waals surface area contributed by atoms with E-state index < -0.39 is 11.2 Å². The molecule has 10 heavy (non-hydrogen) atoms. The van der Waals surface area contributed by atoms with Crippen LogP contribution in [0.15, 0.2) is 0 Å². The Morgan fingerprint density at radius 2 is 2.10 bits per heavy atom. The van der Waals surface area contributed by atoms with Crippen molar-refractivity contribution in [2.45, 2.75) is 6.92 Å². The van der Waals surface area contributed by atoms with Crippen molar-refractivity contribution in [3.8, 4) is 0 Å². The second kappa shape index (κ2) is 7.72. The molecule has 0 radical (unpaired) electrons. The third-order valence-corrected chi connectivity index (χ3v) is 3.48.